The second kappa shape index (κ2) is 10.2. The van der Waals surface area contributed by atoms with Crippen LogP contribution in [0.25, 0.3) is 0 Å². The maximum Gasteiger partial charge on any atom is 0.435 e. The highest BCUT2D eigenvalue weighted by atomic mass is 35.5. The van der Waals surface area contributed by atoms with Crippen LogP contribution < -0.4 is 10.6 Å². The van der Waals surface area contributed by atoms with Gasteiger partial charge in [0.2, 0.25) is 5.91 Å². The maximum atomic E-state index is 14.2. The second-order valence-corrected chi connectivity index (χ2v) is 8.77. The molecule has 0 saturated heterocycles. The van der Waals surface area contributed by atoms with Crippen LogP contribution in [0.15, 0.2) is 41.6 Å². The first-order valence-corrected chi connectivity index (χ1v) is 10.9. The van der Waals surface area contributed by atoms with Crippen molar-refractivity contribution in [1.29, 1.82) is 0 Å². The highest BCUT2D eigenvalue weighted by molar-refractivity contribution is 6.34. The van der Waals surface area contributed by atoms with Gasteiger partial charge in [0.25, 0.3) is 11.5 Å². The molecule has 6 nitrogen and oxygen atoms in total. The number of alkyl halides is 6. The second-order valence-electron chi connectivity index (χ2n) is 7.89. The third-order valence-corrected chi connectivity index (χ3v) is 5.66. The Morgan fingerprint density at radius 2 is 1.67 bits per heavy atom. The lowest BCUT2D eigenvalue weighted by molar-refractivity contribution is -0.275. The van der Waals surface area contributed by atoms with Gasteiger partial charge in [0.05, 0.1) is 12.3 Å². The monoisotopic (exact) mass is 555 g/mol. The molecule has 0 fully saturated rings. The van der Waals surface area contributed by atoms with Crippen molar-refractivity contribution in [3.05, 3.63) is 68.7 Å². The predicted molar refractivity (Wildman–Crippen MR) is 119 cm³/mol. The van der Waals surface area contributed by atoms with Crippen LogP contribution in [-0.2, 0) is 15.2 Å². The lowest BCUT2D eigenvalue weighted by Gasteiger charge is -2.29. The molecule has 0 aliphatic carbocycles. The first-order chi connectivity index (χ1) is 16.6. The van der Waals surface area contributed by atoms with Gasteiger partial charge in [0.1, 0.15) is 6.54 Å². The number of oxime groups is 1. The fourth-order valence-electron chi connectivity index (χ4n) is 3.41. The highest BCUT2D eigenvalue weighted by Gasteiger charge is 2.62. The molecule has 0 saturated carbocycles. The van der Waals surface area contributed by atoms with Crippen LogP contribution in [0.1, 0.15) is 33.5 Å². The summed E-state index contributed by atoms with van der Waals surface area (Å²) in [6.07, 6.45) is -10.3. The molecule has 0 aromatic heterocycles. The molecule has 0 radical (unpaired) electrons. The van der Waals surface area contributed by atoms with Gasteiger partial charge in [0, 0.05) is 33.2 Å². The third kappa shape index (κ3) is 6.22. The smallest absolute Gasteiger partial charge is 0.374 e. The molecule has 0 spiro atoms. The fourth-order valence-corrected chi connectivity index (χ4v) is 3.93. The molecule has 0 unspecified atom stereocenters. The van der Waals surface area contributed by atoms with Gasteiger partial charge in [-0.2, -0.15) is 26.3 Å². The molecule has 194 valence electrons. The van der Waals surface area contributed by atoms with Gasteiger partial charge >= 0.3 is 12.4 Å². The number of carbonyl (C=O) groups is 2. The number of hydrogen-bond acceptors (Lipinski definition) is 4. The zero-order valence-electron chi connectivity index (χ0n) is 18.3. The first kappa shape index (κ1) is 27.6. The van der Waals surface area contributed by atoms with Crippen molar-refractivity contribution in [3.8, 4) is 0 Å². The van der Waals surface area contributed by atoms with E-state index in [1.165, 1.54) is 31.2 Å². The minimum atomic E-state index is -4.92. The average molecular weight is 556 g/mol. The van der Waals surface area contributed by atoms with E-state index in [1.807, 2.05) is 0 Å². The van der Waals surface area contributed by atoms with Crippen molar-refractivity contribution in [1.82, 2.24) is 10.6 Å². The molecule has 1 aliphatic heterocycles. The fraction of sp³-hybridized carbons (Fsp3) is 0.318. The van der Waals surface area contributed by atoms with E-state index < -0.39 is 49.3 Å². The molecule has 1 aliphatic rings. The van der Waals surface area contributed by atoms with E-state index in [2.05, 4.69) is 10.5 Å². The number of carbonyl (C=O) groups excluding carboxylic acids is 2. The van der Waals surface area contributed by atoms with Crippen molar-refractivity contribution < 1.29 is 40.8 Å². The Bertz CT molecular complexity index is 1200. The quantitative estimate of drug-likeness (QED) is 0.475. The number of benzene rings is 2. The SMILES string of the molecule is Cc1ccc(C2=NO[C@](c3cc(Cl)cc(Cl)c3)(C(F)(F)F)C2)cc1C(=O)NCC(=O)NCC(F)(F)F. The lowest BCUT2D eigenvalue weighted by Crippen LogP contribution is -2.42. The summed E-state index contributed by atoms with van der Waals surface area (Å²) in [6, 6.07) is 7.52. The number of nitrogens with zero attached hydrogens (tertiary/aromatic N) is 1. The molecule has 3 rings (SSSR count). The van der Waals surface area contributed by atoms with Crippen LogP contribution in [-0.4, -0.2) is 43.0 Å². The Morgan fingerprint density at radius 3 is 2.25 bits per heavy atom. The lowest BCUT2D eigenvalue weighted by atomic mass is 9.86. The largest absolute Gasteiger partial charge is 0.435 e. The molecule has 2 aromatic rings. The van der Waals surface area contributed by atoms with E-state index >= 15 is 0 Å². The Hall–Kier alpha value is -2.99. The number of nitrogens with one attached hydrogen (secondary N) is 2. The molecule has 36 heavy (non-hydrogen) atoms. The zero-order valence-corrected chi connectivity index (χ0v) is 19.8. The molecule has 2 aromatic carbocycles. The van der Waals surface area contributed by atoms with Gasteiger partial charge in [-0.3, -0.25) is 9.59 Å². The van der Waals surface area contributed by atoms with E-state index in [0.29, 0.717) is 5.56 Å². The van der Waals surface area contributed by atoms with Gasteiger partial charge in [-0.25, -0.2) is 0 Å². The Balaban J connectivity index is 1.81. The van der Waals surface area contributed by atoms with Crippen LogP contribution in [0.2, 0.25) is 10.0 Å². The van der Waals surface area contributed by atoms with Crippen LogP contribution in [0.3, 0.4) is 0 Å². The van der Waals surface area contributed by atoms with Crippen LogP contribution >= 0.6 is 23.2 Å². The van der Waals surface area contributed by atoms with Crippen LogP contribution in [0.5, 0.6) is 0 Å². The first-order valence-electron chi connectivity index (χ1n) is 10.1. The van der Waals surface area contributed by atoms with E-state index in [9.17, 15) is 35.9 Å². The molecule has 14 heteroatoms. The third-order valence-electron chi connectivity index (χ3n) is 5.23. The van der Waals surface area contributed by atoms with Crippen molar-refractivity contribution in [2.24, 2.45) is 5.16 Å². The summed E-state index contributed by atoms with van der Waals surface area (Å²) in [7, 11) is 0. The average Bonchev–Trinajstić information content (AvgIpc) is 3.22. The van der Waals surface area contributed by atoms with Gasteiger partial charge in [-0.1, -0.05) is 40.5 Å². The number of hydrogen-bond donors (Lipinski definition) is 2. The summed E-state index contributed by atoms with van der Waals surface area (Å²) in [6.45, 7) is -0.770. The molecular weight excluding hydrogens is 539 g/mol. The van der Waals surface area contributed by atoms with Crippen molar-refractivity contribution in [3.63, 3.8) is 0 Å². The molecule has 0 bridgehead atoms. The summed E-state index contributed by atoms with van der Waals surface area (Å²) in [5.41, 5.74) is -2.85. The number of amides is 2. The minimum absolute atomic E-state index is 0.0193. The van der Waals surface area contributed by atoms with E-state index in [4.69, 9.17) is 28.0 Å². The number of aryl methyl sites for hydroxylation is 1. The Kier molecular flexibility index (Phi) is 7.80. The van der Waals surface area contributed by atoms with Crippen LogP contribution in [0, 0.1) is 6.92 Å². The van der Waals surface area contributed by atoms with Gasteiger partial charge in [-0.15, -0.1) is 0 Å². The van der Waals surface area contributed by atoms with E-state index in [1.54, 1.807) is 5.32 Å². The minimum Gasteiger partial charge on any atom is -0.374 e. The van der Waals surface area contributed by atoms with Gasteiger partial charge in [0.15, 0.2) is 0 Å². The summed E-state index contributed by atoms with van der Waals surface area (Å²) >= 11 is 11.8. The maximum absolute atomic E-state index is 14.2. The van der Waals surface area contributed by atoms with Crippen LogP contribution in [0.4, 0.5) is 26.3 Å². The van der Waals surface area contributed by atoms with Crippen molar-refractivity contribution in [2.75, 3.05) is 13.1 Å². The zero-order chi connectivity index (χ0) is 26.9. The molecule has 2 amide bonds. The standard InChI is InChI=1S/C22H17Cl2F6N3O3/c1-11-2-3-12(4-16(11)19(35)31-9-18(34)32-10-21(25,26)27)17-8-20(36-33-17,22(28,29)30)13-5-14(23)7-15(24)6-13/h2-7H,8-10H2,1H3,(H,31,35)(H,32,34)/t20-/m1/s1. The topological polar surface area (TPSA) is 79.8 Å². The van der Waals surface area contributed by atoms with Crippen molar-refractivity contribution in [2.45, 2.75) is 31.3 Å². The Labute approximate surface area is 210 Å². The predicted octanol–water partition coefficient (Wildman–Crippen LogP) is 5.29. The Morgan fingerprint density at radius 1 is 1.03 bits per heavy atom. The van der Waals surface area contributed by atoms with Crippen molar-refractivity contribution >= 4 is 40.7 Å². The van der Waals surface area contributed by atoms with Gasteiger partial charge in [-0.05, 0) is 36.8 Å². The molecule has 2 N–H and O–H groups in total. The summed E-state index contributed by atoms with van der Waals surface area (Å²) in [5, 5.41) is 7.33. The van der Waals surface area contributed by atoms with E-state index in [0.717, 1.165) is 12.1 Å². The van der Waals surface area contributed by atoms with Gasteiger partial charge < -0.3 is 15.5 Å². The molecule has 1 atom stereocenters. The highest BCUT2D eigenvalue weighted by Crippen LogP contribution is 2.49. The van der Waals surface area contributed by atoms with E-state index in [-0.39, 0.29) is 32.4 Å². The molecule has 1 heterocycles. The summed E-state index contributed by atoms with van der Waals surface area (Å²) < 4.78 is 79.1. The summed E-state index contributed by atoms with van der Waals surface area (Å²) in [4.78, 5) is 29.0. The molecular formula is C22H17Cl2F6N3O3. The normalized spacial score (nSPS) is 17.9. The number of rotatable bonds is 6. The summed E-state index contributed by atoms with van der Waals surface area (Å²) in [5.74, 6) is -1.89. The number of halogens is 8.